The maximum Gasteiger partial charge on any atom is 0.253 e. The van der Waals surface area contributed by atoms with E-state index in [0.717, 1.165) is 24.2 Å². The van der Waals surface area contributed by atoms with Gasteiger partial charge in [-0.25, -0.2) is 0 Å². The van der Waals surface area contributed by atoms with Crippen molar-refractivity contribution in [3.8, 4) is 0 Å². The summed E-state index contributed by atoms with van der Waals surface area (Å²) in [5, 5.41) is 12.0. The van der Waals surface area contributed by atoms with Gasteiger partial charge in [0.1, 0.15) is 0 Å². The highest BCUT2D eigenvalue weighted by molar-refractivity contribution is 5.95. The molecule has 0 aliphatic heterocycles. The molecule has 0 aromatic carbocycles. The Hall–Kier alpha value is -1.42. The van der Waals surface area contributed by atoms with Crippen LogP contribution in [0.15, 0.2) is 12.1 Å². The molecule has 1 amide bonds. The Bertz CT molecular complexity index is 425. The van der Waals surface area contributed by atoms with E-state index in [2.05, 4.69) is 10.3 Å². The first-order valence-corrected chi connectivity index (χ1v) is 5.97. The average Bonchev–Trinajstić information content (AvgIpc) is 2.22. The number of amides is 1. The highest BCUT2D eigenvalue weighted by Gasteiger charge is 2.27. The van der Waals surface area contributed by atoms with Crippen LogP contribution in [0, 0.1) is 19.8 Å². The van der Waals surface area contributed by atoms with Gasteiger partial charge in [-0.3, -0.25) is 9.78 Å². The Labute approximate surface area is 101 Å². The quantitative estimate of drug-likeness (QED) is 0.826. The van der Waals surface area contributed by atoms with Crippen molar-refractivity contribution in [2.45, 2.75) is 32.8 Å². The van der Waals surface area contributed by atoms with Gasteiger partial charge >= 0.3 is 0 Å². The number of aliphatic hydroxyl groups is 1. The van der Waals surface area contributed by atoms with Crippen LogP contribution in [0.3, 0.4) is 0 Å². The number of aliphatic hydroxyl groups excluding tert-OH is 1. The highest BCUT2D eigenvalue weighted by Crippen LogP contribution is 2.26. The summed E-state index contributed by atoms with van der Waals surface area (Å²) in [5.41, 5.74) is 2.31. The molecule has 1 heterocycles. The minimum absolute atomic E-state index is 0.0728. The summed E-state index contributed by atoms with van der Waals surface area (Å²) in [6.45, 7) is 4.39. The van der Waals surface area contributed by atoms with Gasteiger partial charge in [0.2, 0.25) is 0 Å². The van der Waals surface area contributed by atoms with Gasteiger partial charge in [0.15, 0.2) is 0 Å². The summed E-state index contributed by atoms with van der Waals surface area (Å²) in [5.74, 6) is 0.351. The zero-order valence-corrected chi connectivity index (χ0v) is 10.2. The fraction of sp³-hybridized carbons (Fsp3) is 0.538. The first-order chi connectivity index (χ1) is 8.06. The molecule has 2 rings (SSSR count). The molecule has 0 spiro atoms. The molecule has 0 bridgehead atoms. The number of carbonyl (C=O) groups is 1. The molecule has 92 valence electrons. The van der Waals surface area contributed by atoms with E-state index in [9.17, 15) is 4.79 Å². The van der Waals surface area contributed by atoms with Gasteiger partial charge in [0.25, 0.3) is 5.91 Å². The van der Waals surface area contributed by atoms with E-state index >= 15 is 0 Å². The van der Waals surface area contributed by atoms with Crippen LogP contribution in [0.5, 0.6) is 0 Å². The molecule has 1 aliphatic rings. The molecule has 1 aromatic heterocycles. The summed E-state index contributed by atoms with van der Waals surface area (Å²) in [6.07, 6.45) is 1.43. The zero-order valence-electron chi connectivity index (χ0n) is 10.2. The van der Waals surface area contributed by atoms with Crippen molar-refractivity contribution in [3.05, 3.63) is 29.1 Å². The molecule has 4 nitrogen and oxygen atoms in total. The molecule has 2 N–H and O–H groups in total. The molecule has 4 heteroatoms. The van der Waals surface area contributed by atoms with Crippen LogP contribution in [-0.2, 0) is 0 Å². The number of hydrogen-bond acceptors (Lipinski definition) is 3. The van der Waals surface area contributed by atoms with Crippen LogP contribution in [-0.4, -0.2) is 28.6 Å². The topological polar surface area (TPSA) is 62.2 Å². The van der Waals surface area contributed by atoms with Crippen molar-refractivity contribution in [1.29, 1.82) is 0 Å². The third-order valence-corrected chi connectivity index (χ3v) is 3.23. The van der Waals surface area contributed by atoms with E-state index in [-0.39, 0.29) is 12.0 Å². The molecule has 1 aliphatic carbocycles. The van der Waals surface area contributed by atoms with Crippen molar-refractivity contribution in [1.82, 2.24) is 10.3 Å². The number of carbonyl (C=O) groups excluding carboxylic acids is 1. The lowest BCUT2D eigenvalue weighted by atomic mass is 9.82. The maximum atomic E-state index is 11.9. The van der Waals surface area contributed by atoms with Gasteiger partial charge in [-0.15, -0.1) is 0 Å². The number of hydrogen-bond donors (Lipinski definition) is 2. The van der Waals surface area contributed by atoms with Gasteiger partial charge in [-0.05, 0) is 44.7 Å². The summed E-state index contributed by atoms with van der Waals surface area (Å²) in [6, 6.07) is 3.65. The van der Waals surface area contributed by atoms with Crippen LogP contribution in [0.1, 0.15) is 34.6 Å². The number of aromatic nitrogens is 1. The smallest absolute Gasteiger partial charge is 0.253 e. The molecular weight excluding hydrogens is 216 g/mol. The maximum absolute atomic E-state index is 11.9. The van der Waals surface area contributed by atoms with Crippen molar-refractivity contribution in [3.63, 3.8) is 0 Å². The van der Waals surface area contributed by atoms with E-state index < -0.39 is 0 Å². The summed E-state index contributed by atoms with van der Waals surface area (Å²) in [4.78, 5) is 16.2. The van der Waals surface area contributed by atoms with E-state index in [0.29, 0.717) is 18.0 Å². The lowest BCUT2D eigenvalue weighted by Gasteiger charge is -2.31. The Morgan fingerprint density at radius 2 is 2.18 bits per heavy atom. The molecule has 1 aromatic rings. The van der Waals surface area contributed by atoms with Gasteiger partial charge in [0.05, 0.1) is 17.4 Å². The second kappa shape index (κ2) is 4.84. The Kier molecular flexibility index (Phi) is 3.43. The fourth-order valence-electron chi connectivity index (χ4n) is 2.13. The summed E-state index contributed by atoms with van der Waals surface area (Å²) < 4.78 is 0. The highest BCUT2D eigenvalue weighted by atomic mass is 16.3. The van der Waals surface area contributed by atoms with E-state index in [1.54, 1.807) is 0 Å². The first-order valence-electron chi connectivity index (χ1n) is 5.97. The Morgan fingerprint density at radius 1 is 1.47 bits per heavy atom. The number of rotatable bonds is 3. The molecule has 0 saturated heterocycles. The van der Waals surface area contributed by atoms with Gasteiger partial charge in [-0.1, -0.05) is 0 Å². The number of nitrogens with zero attached hydrogens (tertiary/aromatic N) is 1. The van der Waals surface area contributed by atoms with E-state index in [1.165, 1.54) is 0 Å². The molecule has 17 heavy (non-hydrogen) atoms. The molecular formula is C13H18N2O2. The molecule has 0 radical (unpaired) electrons. The predicted octanol–water partition coefficient (Wildman–Crippen LogP) is 1.20. The van der Waals surface area contributed by atoms with Crippen LogP contribution < -0.4 is 5.32 Å². The third-order valence-electron chi connectivity index (χ3n) is 3.23. The van der Waals surface area contributed by atoms with Crippen molar-refractivity contribution in [2.75, 3.05) is 6.54 Å². The zero-order chi connectivity index (χ0) is 12.4. The Morgan fingerprint density at radius 3 is 2.76 bits per heavy atom. The normalized spacial score (nSPS) is 23.0. The summed E-state index contributed by atoms with van der Waals surface area (Å²) in [7, 11) is 0. The lowest BCUT2D eigenvalue weighted by molar-refractivity contribution is 0.0420. The molecule has 0 unspecified atom stereocenters. The fourth-order valence-corrected chi connectivity index (χ4v) is 2.13. The number of pyridine rings is 1. The van der Waals surface area contributed by atoms with Gasteiger partial charge in [-0.2, -0.15) is 0 Å². The largest absolute Gasteiger partial charge is 0.393 e. The molecule has 0 atom stereocenters. The second-order valence-corrected chi connectivity index (χ2v) is 4.79. The van der Waals surface area contributed by atoms with Crippen LogP contribution in [0.25, 0.3) is 0 Å². The Balaban J connectivity index is 1.91. The molecule has 1 fully saturated rings. The average molecular weight is 234 g/mol. The van der Waals surface area contributed by atoms with Crippen molar-refractivity contribution < 1.29 is 9.90 Å². The second-order valence-electron chi connectivity index (χ2n) is 4.79. The SMILES string of the molecule is Cc1ccc(C(=O)NCC2CC(O)C2)c(C)n1. The van der Waals surface area contributed by atoms with Crippen molar-refractivity contribution in [2.24, 2.45) is 5.92 Å². The van der Waals surface area contributed by atoms with Crippen LogP contribution >= 0.6 is 0 Å². The van der Waals surface area contributed by atoms with E-state index in [4.69, 9.17) is 5.11 Å². The van der Waals surface area contributed by atoms with Crippen LogP contribution in [0.2, 0.25) is 0 Å². The standard InChI is InChI=1S/C13H18N2O2/c1-8-3-4-12(9(2)15-8)13(17)14-7-10-5-11(16)6-10/h3-4,10-11,16H,5-7H2,1-2H3,(H,14,17). The van der Waals surface area contributed by atoms with Crippen molar-refractivity contribution >= 4 is 5.91 Å². The first kappa shape index (κ1) is 12.0. The lowest BCUT2D eigenvalue weighted by Crippen LogP contribution is -2.38. The number of nitrogens with one attached hydrogen (secondary N) is 1. The van der Waals surface area contributed by atoms with Crippen LogP contribution in [0.4, 0.5) is 0 Å². The van der Waals surface area contributed by atoms with Gasteiger partial charge in [0, 0.05) is 12.2 Å². The minimum Gasteiger partial charge on any atom is -0.393 e. The number of aryl methyl sites for hydroxylation is 2. The third kappa shape index (κ3) is 2.82. The predicted molar refractivity (Wildman–Crippen MR) is 64.8 cm³/mol. The summed E-state index contributed by atoms with van der Waals surface area (Å²) >= 11 is 0. The van der Waals surface area contributed by atoms with Gasteiger partial charge < -0.3 is 10.4 Å². The monoisotopic (exact) mass is 234 g/mol. The van der Waals surface area contributed by atoms with E-state index in [1.807, 2.05) is 26.0 Å². The minimum atomic E-state index is -0.167. The molecule has 1 saturated carbocycles.